The number of carboxylic acids is 1. The highest BCUT2D eigenvalue weighted by atomic mass is 32.2. The molecule has 202 valence electrons. The smallest absolute Gasteiger partial charge is 0.323 e. The van der Waals surface area contributed by atoms with E-state index in [1.54, 1.807) is 24.3 Å². The number of ether oxygens (including phenoxy) is 1. The number of hydrogen-bond donors (Lipinski definition) is 3. The van der Waals surface area contributed by atoms with Crippen LogP contribution in [0.25, 0.3) is 10.8 Å². The molecule has 3 N–H and O–H groups in total. The van der Waals surface area contributed by atoms with E-state index in [0.29, 0.717) is 26.9 Å². The fourth-order valence-electron chi connectivity index (χ4n) is 5.19. The molecular formula is C28H21N3O7S2. The lowest BCUT2D eigenvalue weighted by atomic mass is 9.83. The Balaban J connectivity index is 1.25. The van der Waals surface area contributed by atoms with E-state index < -0.39 is 41.4 Å². The summed E-state index contributed by atoms with van der Waals surface area (Å²) in [7, 11) is 0. The van der Waals surface area contributed by atoms with Gasteiger partial charge in [0, 0.05) is 21.9 Å². The summed E-state index contributed by atoms with van der Waals surface area (Å²) >= 11 is 2.03. The van der Waals surface area contributed by atoms with Gasteiger partial charge in [0.05, 0.1) is 10.9 Å². The predicted octanol–water partition coefficient (Wildman–Crippen LogP) is 3.28. The Bertz CT molecular complexity index is 1740. The van der Waals surface area contributed by atoms with Gasteiger partial charge in [0.15, 0.2) is 6.61 Å². The Morgan fingerprint density at radius 2 is 1.77 bits per heavy atom. The number of amides is 3. The number of nitrogens with one attached hydrogen (secondary N) is 2. The Hall–Kier alpha value is -4.42. The number of carbonyl (C=O) groups excluding carboxylic acids is 3. The van der Waals surface area contributed by atoms with Crippen LogP contribution in [-0.4, -0.2) is 57.1 Å². The van der Waals surface area contributed by atoms with Crippen LogP contribution in [0.1, 0.15) is 16.4 Å². The number of anilines is 1. The van der Waals surface area contributed by atoms with E-state index >= 15 is 0 Å². The summed E-state index contributed by atoms with van der Waals surface area (Å²) in [5.41, 5.74) is 1.27. The van der Waals surface area contributed by atoms with Crippen LogP contribution in [0.3, 0.4) is 0 Å². The molecule has 2 unspecified atom stereocenters. The fourth-order valence-corrected chi connectivity index (χ4v) is 7.73. The number of fused-ring (bicyclic) bond motifs is 3. The van der Waals surface area contributed by atoms with Gasteiger partial charge < -0.3 is 20.1 Å². The van der Waals surface area contributed by atoms with Crippen LogP contribution in [0, 0.1) is 5.92 Å². The number of benzene rings is 3. The molecule has 4 aromatic rings. The SMILES string of the molecule is O=C(O)CN1C(=O)C2Sc3[nH]c(=O)sc3[C@H](c3cccc(OCC(=O)Nc4cccc5ccccc45)c3)C2C1=O. The van der Waals surface area contributed by atoms with Crippen molar-refractivity contribution >= 4 is 63.2 Å². The Morgan fingerprint density at radius 3 is 2.60 bits per heavy atom. The molecule has 0 aliphatic carbocycles. The number of hydrogen-bond acceptors (Lipinski definition) is 8. The van der Waals surface area contributed by atoms with Gasteiger partial charge in [-0.15, -0.1) is 0 Å². The van der Waals surface area contributed by atoms with Crippen molar-refractivity contribution in [1.82, 2.24) is 9.88 Å². The first-order chi connectivity index (χ1) is 19.3. The molecule has 0 saturated carbocycles. The average molecular weight is 576 g/mol. The summed E-state index contributed by atoms with van der Waals surface area (Å²) in [5, 5.41) is 13.6. The molecule has 2 aliphatic rings. The van der Waals surface area contributed by atoms with E-state index in [4.69, 9.17) is 4.74 Å². The summed E-state index contributed by atoms with van der Waals surface area (Å²) < 4.78 is 5.79. The van der Waals surface area contributed by atoms with Gasteiger partial charge in [0.1, 0.15) is 17.5 Å². The highest BCUT2D eigenvalue weighted by molar-refractivity contribution is 8.00. The first-order valence-electron chi connectivity index (χ1n) is 12.3. The van der Waals surface area contributed by atoms with Gasteiger partial charge in [-0.2, -0.15) is 0 Å². The van der Waals surface area contributed by atoms with Crippen LogP contribution in [0.2, 0.25) is 0 Å². The van der Waals surface area contributed by atoms with Crippen LogP contribution in [0.5, 0.6) is 5.75 Å². The Morgan fingerprint density at radius 1 is 1.00 bits per heavy atom. The first kappa shape index (κ1) is 25.8. The van der Waals surface area contributed by atoms with E-state index in [1.165, 1.54) is 0 Å². The molecule has 3 heterocycles. The number of thioether (sulfide) groups is 1. The van der Waals surface area contributed by atoms with E-state index in [-0.39, 0.29) is 17.4 Å². The lowest BCUT2D eigenvalue weighted by Gasteiger charge is -2.30. The molecule has 0 radical (unpaired) electrons. The number of carboxylic acid groups (broad SMARTS) is 1. The van der Waals surface area contributed by atoms with Crippen molar-refractivity contribution < 1.29 is 29.0 Å². The Labute approximate surface area is 235 Å². The molecule has 3 amide bonds. The maximum absolute atomic E-state index is 13.3. The molecule has 12 heteroatoms. The molecule has 1 saturated heterocycles. The molecule has 3 aromatic carbocycles. The van der Waals surface area contributed by atoms with Crippen molar-refractivity contribution in [3.8, 4) is 5.75 Å². The van der Waals surface area contributed by atoms with Gasteiger partial charge in [0.25, 0.3) is 5.91 Å². The number of aliphatic carboxylic acids is 1. The normalized spacial score (nSPS) is 19.8. The van der Waals surface area contributed by atoms with Crippen molar-refractivity contribution in [3.63, 3.8) is 0 Å². The molecule has 40 heavy (non-hydrogen) atoms. The molecule has 1 aromatic heterocycles. The Kier molecular flexibility index (Phi) is 6.64. The van der Waals surface area contributed by atoms with Crippen molar-refractivity contribution in [2.24, 2.45) is 5.92 Å². The van der Waals surface area contributed by atoms with E-state index in [1.807, 2.05) is 42.5 Å². The van der Waals surface area contributed by atoms with Gasteiger partial charge >= 0.3 is 10.8 Å². The summed E-state index contributed by atoms with van der Waals surface area (Å²) in [5.74, 6) is -4.03. The van der Waals surface area contributed by atoms with Crippen molar-refractivity contribution in [2.75, 3.05) is 18.5 Å². The number of thiazole rings is 1. The monoisotopic (exact) mass is 575 g/mol. The number of aromatic nitrogens is 1. The largest absolute Gasteiger partial charge is 0.484 e. The molecule has 2 aliphatic heterocycles. The minimum absolute atomic E-state index is 0.272. The zero-order chi connectivity index (χ0) is 28.0. The standard InChI is InChI=1S/C28H21N3O7S2/c32-19(29-18-10-4-6-14-5-1-2-9-17(14)18)13-38-16-8-3-7-15(11-16)21-22-24(39-25-23(21)40-28(37)30-25)27(36)31(26(22)35)12-20(33)34/h1-11,21-22,24H,12-13H2,(H,29,32)(H,30,37)(H,33,34)/t21-,22?,24?/m1/s1. The third-order valence-electron chi connectivity index (χ3n) is 6.86. The molecular weight excluding hydrogens is 554 g/mol. The zero-order valence-electron chi connectivity index (χ0n) is 20.7. The number of rotatable bonds is 7. The first-order valence-corrected chi connectivity index (χ1v) is 14.0. The molecule has 1 fully saturated rings. The van der Waals surface area contributed by atoms with Crippen LogP contribution in [0.15, 0.2) is 76.6 Å². The number of aromatic amines is 1. The number of likely N-dealkylation sites (tertiary alicyclic amines) is 1. The van der Waals surface area contributed by atoms with E-state index in [0.717, 1.165) is 38.8 Å². The summed E-state index contributed by atoms with van der Waals surface area (Å²) in [6, 6.07) is 20.1. The van der Waals surface area contributed by atoms with Gasteiger partial charge in [0.2, 0.25) is 11.8 Å². The maximum atomic E-state index is 13.3. The number of H-pyrrole nitrogens is 1. The van der Waals surface area contributed by atoms with Gasteiger partial charge in [-0.25, -0.2) is 0 Å². The van der Waals surface area contributed by atoms with Gasteiger partial charge in [-0.3, -0.25) is 28.9 Å². The lowest BCUT2D eigenvalue weighted by molar-refractivity contribution is -0.149. The summed E-state index contributed by atoms with van der Waals surface area (Å²) in [4.78, 5) is 66.4. The number of carbonyl (C=O) groups is 4. The number of imide groups is 1. The maximum Gasteiger partial charge on any atom is 0.323 e. The molecule has 0 spiro atoms. The lowest BCUT2D eigenvalue weighted by Crippen LogP contribution is -2.36. The van der Waals surface area contributed by atoms with Crippen molar-refractivity contribution in [1.29, 1.82) is 0 Å². The second kappa shape index (κ2) is 10.3. The van der Waals surface area contributed by atoms with Crippen LogP contribution >= 0.6 is 23.1 Å². The van der Waals surface area contributed by atoms with Crippen molar-refractivity contribution in [3.05, 3.63) is 86.8 Å². The molecule has 6 rings (SSSR count). The highest BCUT2D eigenvalue weighted by Gasteiger charge is 2.56. The molecule has 3 atom stereocenters. The van der Waals surface area contributed by atoms with Gasteiger partial charge in [-0.05, 0) is 29.1 Å². The minimum atomic E-state index is -1.29. The number of nitrogens with zero attached hydrogens (tertiary/aromatic N) is 1. The van der Waals surface area contributed by atoms with Crippen LogP contribution in [0.4, 0.5) is 5.69 Å². The van der Waals surface area contributed by atoms with E-state index in [9.17, 15) is 29.1 Å². The third kappa shape index (κ3) is 4.65. The second-order valence-electron chi connectivity index (χ2n) is 9.34. The summed E-state index contributed by atoms with van der Waals surface area (Å²) in [6.07, 6.45) is 0. The fraction of sp³-hybridized carbons (Fsp3) is 0.179. The van der Waals surface area contributed by atoms with Crippen molar-refractivity contribution in [2.45, 2.75) is 16.2 Å². The predicted molar refractivity (Wildman–Crippen MR) is 149 cm³/mol. The minimum Gasteiger partial charge on any atom is -0.484 e. The quantitative estimate of drug-likeness (QED) is 0.285. The summed E-state index contributed by atoms with van der Waals surface area (Å²) in [6.45, 7) is -0.997. The van der Waals surface area contributed by atoms with Crippen LogP contribution < -0.4 is 14.9 Å². The zero-order valence-corrected chi connectivity index (χ0v) is 22.3. The highest BCUT2D eigenvalue weighted by Crippen LogP contribution is 2.52. The molecule has 0 bridgehead atoms. The van der Waals surface area contributed by atoms with Crippen LogP contribution in [-0.2, 0) is 19.2 Å². The third-order valence-corrected chi connectivity index (χ3v) is 9.26. The van der Waals surface area contributed by atoms with Gasteiger partial charge in [-0.1, -0.05) is 71.6 Å². The topological polar surface area (TPSA) is 146 Å². The van der Waals surface area contributed by atoms with E-state index in [2.05, 4.69) is 10.3 Å². The average Bonchev–Trinajstić information content (AvgIpc) is 3.42. The molecule has 10 nitrogen and oxygen atoms in total. The second-order valence-corrected chi connectivity index (χ2v) is 11.5.